The summed E-state index contributed by atoms with van der Waals surface area (Å²) in [6, 6.07) is 39.3. The molecule has 3 aromatic carbocycles. The van der Waals surface area contributed by atoms with E-state index in [-0.39, 0.29) is 140 Å². The predicted molar refractivity (Wildman–Crippen MR) is 384 cm³/mol. The summed E-state index contributed by atoms with van der Waals surface area (Å²) in [5.74, 6) is -0.658. The first kappa shape index (κ1) is 82.5. The van der Waals surface area contributed by atoms with Crippen molar-refractivity contribution in [2.24, 2.45) is 11.5 Å². The van der Waals surface area contributed by atoms with Gasteiger partial charge in [0.2, 0.25) is 0 Å². The Hall–Kier alpha value is -11.8. The van der Waals surface area contributed by atoms with Crippen molar-refractivity contribution in [2.75, 3.05) is 17.2 Å². The number of aryl methyl sites for hydroxylation is 3. The van der Waals surface area contributed by atoms with Crippen LogP contribution in [0.15, 0.2) is 165 Å². The van der Waals surface area contributed by atoms with Crippen LogP contribution in [0.1, 0.15) is 143 Å². The van der Waals surface area contributed by atoms with Gasteiger partial charge in [-0.2, -0.15) is 21.0 Å². The van der Waals surface area contributed by atoms with Gasteiger partial charge in [-0.3, -0.25) is 58.7 Å². The average molecular weight is 1480 g/mol. The molecule has 107 heavy (non-hydrogen) atoms. The number of pyridine rings is 9. The molecule has 0 spiro atoms. The maximum absolute atomic E-state index is 12.7. The minimum atomic E-state index is -0.613. The molecule has 0 aliphatic carbocycles. The molecule has 9 aromatic heterocycles. The average Bonchev–Trinajstić information content (AvgIpc) is 0.802. The summed E-state index contributed by atoms with van der Waals surface area (Å²) in [6.07, 6.45) is 15.0. The predicted octanol–water partition coefficient (Wildman–Crippen LogP) is 0.548. The molecule has 31 heteroatoms. The Morgan fingerprint density at radius 2 is 0.748 bits per heavy atom. The van der Waals surface area contributed by atoms with Crippen LogP contribution in [0.4, 0.5) is 17.5 Å². The Balaban J connectivity index is 0.000000244. The molecule has 0 saturated carbocycles. The Labute approximate surface area is 698 Å². The molecular weight excluding hydrogens is 1410 g/mol. The standard InChI is InChI=1S/2C25H21N7O2.C25H19N7O.CH2O3.2K.H/c2*1-14-4-22(27)30-12-19(14)13-32-25(34)17-2-3-29-20(9-17)7-15-5-18-6-16(10-26)11-31-23(18)21(8-15)24(28)33;1-15-4-23(28)30-13-21(15)14-32-25(33)18-2-3-29-22(9-18)8-16-5-19-7-17(10-26)12-31-24(19)20(6-16)11-27;2-1-4-3;;;/h2*2-6,8-9,11-12H,7,13H2,1H3,(H2,27,30)(H2,28,33)(H,32,34);2-7,9,12-13H,8,14H2,1H3,(H2,28,30)(H,32,33);1,3H;;;/q;;;;2*+1;-1/p-1. The molecule has 9 heterocycles. The Morgan fingerprint density at radius 1 is 0.439 bits per heavy atom. The summed E-state index contributed by atoms with van der Waals surface area (Å²) in [4.78, 5) is 111. The molecule has 13 N–H and O–H groups in total. The molecule has 12 aromatic rings. The van der Waals surface area contributed by atoms with Gasteiger partial charge in [-0.05, 0) is 180 Å². The molecule has 29 nitrogen and oxygen atoms in total. The fourth-order valence-corrected chi connectivity index (χ4v) is 10.9. The zero-order valence-electron chi connectivity index (χ0n) is 59.4. The summed E-state index contributed by atoms with van der Waals surface area (Å²) in [6.45, 7) is 6.51. The third-order valence-corrected chi connectivity index (χ3v) is 16.0. The van der Waals surface area contributed by atoms with Gasteiger partial charge in [-0.1, -0.05) is 0 Å². The van der Waals surface area contributed by atoms with Crippen molar-refractivity contribution in [1.29, 1.82) is 21.0 Å². The quantitative estimate of drug-likeness (QED) is 0.0252. The van der Waals surface area contributed by atoms with E-state index in [1.165, 1.54) is 18.6 Å². The number of hydrogen-bond donors (Lipinski definition) is 8. The van der Waals surface area contributed by atoms with Crippen molar-refractivity contribution in [3.8, 4) is 24.3 Å². The third-order valence-electron chi connectivity index (χ3n) is 16.0. The number of amides is 5. The van der Waals surface area contributed by atoms with Crippen LogP contribution in [0.25, 0.3) is 32.7 Å². The van der Waals surface area contributed by atoms with E-state index in [1.807, 2.05) is 51.1 Å². The molecule has 0 aliphatic rings. The molecule has 0 saturated heterocycles. The fourth-order valence-electron chi connectivity index (χ4n) is 10.9. The first-order chi connectivity index (χ1) is 50.5. The first-order valence-electron chi connectivity index (χ1n) is 31.6. The van der Waals surface area contributed by atoms with Crippen LogP contribution in [0.5, 0.6) is 0 Å². The number of hydrogen-bond acceptors (Lipinski definition) is 24. The summed E-state index contributed by atoms with van der Waals surface area (Å²) in [5, 5.41) is 56.1. The molecule has 0 aliphatic heterocycles. The second-order valence-electron chi connectivity index (χ2n) is 23.5. The van der Waals surface area contributed by atoms with E-state index in [4.69, 9.17) is 54.5 Å². The number of nitrogens with one attached hydrogen (secondary N) is 3. The van der Waals surface area contributed by atoms with Gasteiger partial charge >= 0.3 is 103 Å². The molecule has 0 bridgehead atoms. The Kier molecular flexibility index (Phi) is 30.3. The molecule has 522 valence electrons. The van der Waals surface area contributed by atoms with Crippen molar-refractivity contribution < 1.29 is 143 Å². The van der Waals surface area contributed by atoms with Crippen LogP contribution in [-0.4, -0.2) is 80.9 Å². The van der Waals surface area contributed by atoms with Crippen LogP contribution in [0.2, 0.25) is 0 Å². The monoisotopic (exact) mass is 1480 g/mol. The topological polar surface area (TPSA) is 512 Å². The maximum Gasteiger partial charge on any atom is 1.00 e. The minimum Gasteiger partial charge on any atom is -1.00 e. The Bertz CT molecular complexity index is 5370. The first-order valence-corrected chi connectivity index (χ1v) is 31.6. The van der Waals surface area contributed by atoms with Crippen molar-refractivity contribution in [1.82, 2.24) is 60.8 Å². The summed E-state index contributed by atoms with van der Waals surface area (Å²) >= 11 is 0. The van der Waals surface area contributed by atoms with Crippen LogP contribution in [0, 0.1) is 66.1 Å². The number of nitrogen functional groups attached to an aromatic ring is 3. The van der Waals surface area contributed by atoms with Crippen LogP contribution >= 0.6 is 0 Å². The number of carbonyl (C=O) groups excluding carboxylic acids is 6. The van der Waals surface area contributed by atoms with Crippen LogP contribution in [-0.2, 0) is 48.6 Å². The van der Waals surface area contributed by atoms with Gasteiger partial charge in [-0.15, -0.1) is 0 Å². The van der Waals surface area contributed by atoms with Crippen molar-refractivity contribution in [3.63, 3.8) is 0 Å². The van der Waals surface area contributed by atoms with E-state index in [2.05, 4.69) is 77.8 Å². The number of nitrogens with zero attached hydrogens (tertiary/aromatic N) is 13. The Morgan fingerprint density at radius 3 is 1.04 bits per heavy atom. The summed E-state index contributed by atoms with van der Waals surface area (Å²) in [7, 11) is 0. The molecule has 0 fully saturated rings. The molecule has 0 radical (unpaired) electrons. The molecular formula is C76H63K2N21O8. The van der Waals surface area contributed by atoms with E-state index in [1.54, 1.807) is 128 Å². The number of anilines is 3. The van der Waals surface area contributed by atoms with Gasteiger partial charge in [0.1, 0.15) is 41.7 Å². The van der Waals surface area contributed by atoms with Crippen LogP contribution < -0.4 is 153 Å². The minimum absolute atomic E-state index is 0. The molecule has 12 rings (SSSR count). The van der Waals surface area contributed by atoms with Gasteiger partial charge in [0.05, 0.1) is 49.9 Å². The fraction of sp³-hybridized carbons (Fsp3) is 0.118. The van der Waals surface area contributed by atoms with Gasteiger partial charge in [0.25, 0.3) is 36.0 Å². The summed E-state index contributed by atoms with van der Waals surface area (Å²) < 4.78 is 0. The summed E-state index contributed by atoms with van der Waals surface area (Å²) in [5.41, 5.74) is 42.8. The number of nitriles is 4. The number of aromatic nitrogens is 9. The zero-order valence-corrected chi connectivity index (χ0v) is 64.6. The number of nitrogens with two attached hydrogens (primary N) is 5. The second kappa shape index (κ2) is 39.4. The number of benzene rings is 3. The van der Waals surface area contributed by atoms with Gasteiger partial charge in [0.15, 0.2) is 0 Å². The number of primary amides is 2. The van der Waals surface area contributed by atoms with Crippen molar-refractivity contribution >= 4 is 86.2 Å². The normalized spacial score (nSPS) is 10.1. The van der Waals surface area contributed by atoms with Gasteiger partial charge in [-0.25, -0.2) is 15.0 Å². The smallest absolute Gasteiger partial charge is 1.00 e. The maximum atomic E-state index is 12.7. The molecule has 5 amide bonds. The SMILES string of the molecule is Cc1cc(N)ncc1CNC(=O)c1ccnc(Cc2cc(C#N)c3ncc(C#N)cc3c2)c1.Cc1cc(N)ncc1CNC(=O)c1ccnc(Cc2cc(C(N)=O)c3ncc(C#N)cc3c2)c1.Cc1cc(N)ncc1CNC(=O)c1ccnc(Cc2cc(C(N)=O)c3ncc(C#N)cc3c2)c1.O=CO[O-].[H-].[K+].[K+]. The number of rotatable bonds is 18. The van der Waals surface area contributed by atoms with Crippen molar-refractivity contribution in [3.05, 3.63) is 282 Å². The largest absolute Gasteiger partial charge is 1.00 e. The van der Waals surface area contributed by atoms with E-state index in [0.717, 1.165) is 50.1 Å². The second-order valence-corrected chi connectivity index (χ2v) is 23.5. The zero-order chi connectivity index (χ0) is 75.3. The van der Waals surface area contributed by atoms with Gasteiger partial charge < -0.3 is 56.2 Å². The van der Waals surface area contributed by atoms with E-state index < -0.39 is 11.8 Å². The molecule has 0 atom stereocenters. The number of carbonyl (C=O) groups is 6. The van der Waals surface area contributed by atoms with Gasteiger partial charge in [0, 0.05) is 145 Å². The molecule has 0 unspecified atom stereocenters. The van der Waals surface area contributed by atoms with E-state index >= 15 is 0 Å². The third kappa shape index (κ3) is 22.6. The van der Waals surface area contributed by atoms with Crippen LogP contribution in [0.3, 0.4) is 0 Å². The van der Waals surface area contributed by atoms with Crippen molar-refractivity contribution in [2.45, 2.75) is 59.7 Å². The van der Waals surface area contributed by atoms with E-state index in [9.17, 15) is 29.2 Å². The number of fused-ring (bicyclic) bond motifs is 3. The van der Waals surface area contributed by atoms with E-state index in [0.29, 0.717) is 145 Å².